The molecule has 1 saturated carbocycles. The largest absolute Gasteiger partial charge is 0.497 e. The molecule has 1 N–H and O–H groups in total. The number of carbonyl (C=O) groups excluding carboxylic acids is 2. The number of sulfonamides is 1. The van der Waals surface area contributed by atoms with Crippen LogP contribution in [0.4, 0.5) is 5.69 Å². The topological polar surface area (TPSA) is 96.0 Å². The molecule has 0 aliphatic heterocycles. The number of amides is 2. The first-order valence-electron chi connectivity index (χ1n) is 13.7. The fourth-order valence-corrected chi connectivity index (χ4v) is 6.50. The van der Waals surface area contributed by atoms with Gasteiger partial charge < -0.3 is 15.0 Å². The van der Waals surface area contributed by atoms with Crippen molar-refractivity contribution in [1.29, 1.82) is 0 Å². The van der Waals surface area contributed by atoms with E-state index in [2.05, 4.69) is 5.32 Å². The maximum absolute atomic E-state index is 14.2. The van der Waals surface area contributed by atoms with Crippen molar-refractivity contribution in [3.63, 3.8) is 0 Å². The van der Waals surface area contributed by atoms with E-state index in [-0.39, 0.29) is 30.6 Å². The van der Waals surface area contributed by atoms with Crippen LogP contribution in [0.25, 0.3) is 0 Å². The van der Waals surface area contributed by atoms with Crippen LogP contribution in [0, 0.1) is 0 Å². The Bertz CT molecular complexity index is 1460. The summed E-state index contributed by atoms with van der Waals surface area (Å²) in [5.41, 5.74) is 1.61. The van der Waals surface area contributed by atoms with Gasteiger partial charge in [-0.2, -0.15) is 0 Å². The molecular formula is C31H35Cl2N3O5S. The predicted octanol–water partition coefficient (Wildman–Crippen LogP) is 5.47. The molecule has 1 aliphatic rings. The van der Waals surface area contributed by atoms with Gasteiger partial charge in [0.25, 0.3) is 0 Å². The number of ether oxygens (including phenoxy) is 1. The molecule has 0 aromatic heterocycles. The lowest BCUT2D eigenvalue weighted by atomic mass is 10.0. The lowest BCUT2D eigenvalue weighted by Crippen LogP contribution is -2.54. The van der Waals surface area contributed by atoms with E-state index in [1.807, 2.05) is 30.3 Å². The maximum atomic E-state index is 14.2. The van der Waals surface area contributed by atoms with E-state index in [9.17, 15) is 18.0 Å². The van der Waals surface area contributed by atoms with Gasteiger partial charge in [-0.3, -0.25) is 13.9 Å². The average Bonchev–Trinajstić information content (AvgIpc) is 3.48. The molecule has 3 aromatic carbocycles. The van der Waals surface area contributed by atoms with Gasteiger partial charge in [0.05, 0.1) is 19.1 Å². The zero-order valence-corrected chi connectivity index (χ0v) is 26.0. The Morgan fingerprint density at radius 2 is 1.57 bits per heavy atom. The van der Waals surface area contributed by atoms with Gasteiger partial charge in [0.15, 0.2) is 0 Å². The Morgan fingerprint density at radius 1 is 0.952 bits per heavy atom. The Labute approximate surface area is 257 Å². The first kappa shape index (κ1) is 31.7. The average molecular weight is 633 g/mol. The van der Waals surface area contributed by atoms with Gasteiger partial charge >= 0.3 is 0 Å². The van der Waals surface area contributed by atoms with Crippen molar-refractivity contribution in [3.8, 4) is 5.75 Å². The highest BCUT2D eigenvalue weighted by molar-refractivity contribution is 7.92. The third-order valence-electron chi connectivity index (χ3n) is 7.40. The second-order valence-electron chi connectivity index (χ2n) is 10.4. The van der Waals surface area contributed by atoms with Crippen molar-refractivity contribution >= 4 is 50.7 Å². The number of carbonyl (C=O) groups is 2. The number of hydrogen-bond acceptors (Lipinski definition) is 5. The molecule has 1 fully saturated rings. The van der Waals surface area contributed by atoms with Crippen molar-refractivity contribution in [2.75, 3.05) is 24.2 Å². The molecule has 1 aliphatic carbocycles. The van der Waals surface area contributed by atoms with Crippen LogP contribution < -0.4 is 14.4 Å². The van der Waals surface area contributed by atoms with Gasteiger partial charge in [0.1, 0.15) is 18.3 Å². The molecule has 8 nitrogen and oxygen atoms in total. The van der Waals surface area contributed by atoms with Crippen LogP contribution in [0.2, 0.25) is 10.0 Å². The lowest BCUT2D eigenvalue weighted by molar-refractivity contribution is -0.140. The summed E-state index contributed by atoms with van der Waals surface area (Å²) < 4.78 is 32.1. The van der Waals surface area contributed by atoms with Crippen LogP contribution in [0.1, 0.15) is 36.8 Å². The van der Waals surface area contributed by atoms with Gasteiger partial charge in [0.2, 0.25) is 21.8 Å². The van der Waals surface area contributed by atoms with E-state index in [1.165, 1.54) is 12.0 Å². The van der Waals surface area contributed by atoms with Crippen molar-refractivity contribution in [2.45, 2.75) is 50.7 Å². The molecule has 2 amide bonds. The summed E-state index contributed by atoms with van der Waals surface area (Å²) in [5, 5.41) is 3.81. The molecule has 1 atom stereocenters. The third-order valence-corrected chi connectivity index (χ3v) is 9.25. The van der Waals surface area contributed by atoms with Crippen molar-refractivity contribution < 1.29 is 22.7 Å². The van der Waals surface area contributed by atoms with Gasteiger partial charge in [-0.25, -0.2) is 8.42 Å². The van der Waals surface area contributed by atoms with E-state index in [4.69, 9.17) is 27.9 Å². The van der Waals surface area contributed by atoms with Crippen LogP contribution in [-0.2, 0) is 32.6 Å². The number of nitrogens with zero attached hydrogens (tertiary/aromatic N) is 2. The number of rotatable bonds is 12. The van der Waals surface area contributed by atoms with Crippen LogP contribution in [0.15, 0.2) is 72.8 Å². The zero-order chi connectivity index (χ0) is 30.3. The Kier molecular flexibility index (Phi) is 10.8. The Morgan fingerprint density at radius 3 is 2.14 bits per heavy atom. The molecule has 42 heavy (non-hydrogen) atoms. The standard InChI is InChI=1S/C31H35Cl2N3O5S/c1-41-25-17-15-24(16-18-25)36(42(2,39)40)21-30(37)35(20-26-27(32)13-8-14-28(26)33)29(19-22-9-4-3-5-10-22)31(38)34-23-11-6-7-12-23/h3-5,8-10,13-18,23,29H,6-7,11-12,19-21H2,1-2H3,(H,34,38). The molecule has 0 saturated heterocycles. The minimum absolute atomic E-state index is 0.0171. The highest BCUT2D eigenvalue weighted by Gasteiger charge is 2.35. The monoisotopic (exact) mass is 631 g/mol. The van der Waals surface area contributed by atoms with E-state index in [0.717, 1.165) is 41.8 Å². The third kappa shape index (κ3) is 8.18. The molecule has 3 aromatic rings. The summed E-state index contributed by atoms with van der Waals surface area (Å²) in [5.74, 6) is -0.340. The minimum Gasteiger partial charge on any atom is -0.497 e. The van der Waals surface area contributed by atoms with Crippen LogP contribution in [-0.4, -0.2) is 57.1 Å². The zero-order valence-electron chi connectivity index (χ0n) is 23.6. The Balaban J connectivity index is 1.75. The Hall–Kier alpha value is -3.27. The minimum atomic E-state index is -3.89. The molecule has 1 unspecified atom stereocenters. The summed E-state index contributed by atoms with van der Waals surface area (Å²) in [7, 11) is -2.38. The van der Waals surface area contributed by atoms with Gasteiger partial charge in [-0.15, -0.1) is 0 Å². The fraction of sp³-hybridized carbons (Fsp3) is 0.355. The van der Waals surface area contributed by atoms with Crippen LogP contribution >= 0.6 is 23.2 Å². The number of halogens is 2. The van der Waals surface area contributed by atoms with E-state index in [0.29, 0.717) is 21.4 Å². The highest BCUT2D eigenvalue weighted by Crippen LogP contribution is 2.29. The second-order valence-corrected chi connectivity index (χ2v) is 13.1. The summed E-state index contributed by atoms with van der Waals surface area (Å²) in [6.07, 6.45) is 5.04. The van der Waals surface area contributed by atoms with E-state index in [1.54, 1.807) is 42.5 Å². The SMILES string of the molecule is COc1ccc(N(CC(=O)N(Cc2c(Cl)cccc2Cl)C(Cc2ccccc2)C(=O)NC2CCCC2)S(C)(=O)=O)cc1. The molecule has 0 heterocycles. The van der Waals surface area contributed by atoms with Gasteiger partial charge in [-0.1, -0.05) is 72.4 Å². The second kappa shape index (κ2) is 14.3. The fourth-order valence-electron chi connectivity index (χ4n) is 5.14. The van der Waals surface area contributed by atoms with Crippen LogP contribution in [0.3, 0.4) is 0 Å². The molecular weight excluding hydrogens is 597 g/mol. The number of benzene rings is 3. The van der Waals surface area contributed by atoms with Crippen LogP contribution in [0.5, 0.6) is 5.75 Å². The number of hydrogen-bond donors (Lipinski definition) is 1. The van der Waals surface area contributed by atoms with E-state index >= 15 is 0 Å². The summed E-state index contributed by atoms with van der Waals surface area (Å²) in [4.78, 5) is 29.5. The van der Waals surface area contributed by atoms with E-state index < -0.39 is 28.5 Å². The van der Waals surface area contributed by atoms with Crippen molar-refractivity contribution in [3.05, 3.63) is 94.0 Å². The summed E-state index contributed by atoms with van der Waals surface area (Å²) >= 11 is 13.0. The molecule has 11 heteroatoms. The lowest BCUT2D eigenvalue weighted by Gasteiger charge is -2.34. The number of anilines is 1. The molecule has 0 radical (unpaired) electrons. The number of nitrogens with one attached hydrogen (secondary N) is 1. The quantitative estimate of drug-likeness (QED) is 0.286. The molecule has 224 valence electrons. The summed E-state index contributed by atoms with van der Waals surface area (Å²) in [6, 6.07) is 19.8. The highest BCUT2D eigenvalue weighted by atomic mass is 35.5. The molecule has 0 bridgehead atoms. The summed E-state index contributed by atoms with van der Waals surface area (Å²) in [6.45, 7) is -0.623. The maximum Gasteiger partial charge on any atom is 0.244 e. The molecule has 0 spiro atoms. The first-order valence-corrected chi connectivity index (χ1v) is 16.4. The predicted molar refractivity (Wildman–Crippen MR) is 167 cm³/mol. The van der Waals surface area contributed by atoms with Gasteiger partial charge in [0, 0.05) is 34.6 Å². The molecule has 4 rings (SSSR count). The van der Waals surface area contributed by atoms with Gasteiger partial charge in [-0.05, 0) is 54.8 Å². The first-order chi connectivity index (χ1) is 20.1. The normalized spacial score (nSPS) is 14.3. The number of methoxy groups -OCH3 is 1. The van der Waals surface area contributed by atoms with Crippen molar-refractivity contribution in [1.82, 2.24) is 10.2 Å². The smallest absolute Gasteiger partial charge is 0.244 e. The van der Waals surface area contributed by atoms with Crippen molar-refractivity contribution in [2.24, 2.45) is 0 Å².